The Morgan fingerprint density at radius 1 is 0.722 bits per heavy atom. The molecule has 4 aromatic rings. The standard InChI is InChI=1S/C34H33OP/c1-34(2,3)28-20-19-27(23-28)32-22-21-29(35-25-26-13-7-4-8-14-26)24-33(32)36(30-15-9-5-10-16-30)31-17-11-6-12-18-31/h4-18,20-24H,19,25H2,1-3H3. The van der Waals surface area contributed by atoms with Crippen LogP contribution in [0.15, 0.2) is 127 Å². The van der Waals surface area contributed by atoms with Crippen LogP contribution in [0, 0.1) is 5.41 Å². The van der Waals surface area contributed by atoms with Gasteiger partial charge in [0, 0.05) is 0 Å². The molecule has 1 aliphatic carbocycles. The SMILES string of the molecule is CC(C)(C)C1=CCC(c2ccc(OCc3ccccc3)cc2P(c2ccccc2)c2ccccc2)=C1. The normalized spacial score (nSPS) is 13.4. The van der Waals surface area contributed by atoms with Gasteiger partial charge in [0.15, 0.2) is 0 Å². The highest BCUT2D eigenvalue weighted by Crippen LogP contribution is 2.41. The van der Waals surface area contributed by atoms with E-state index in [-0.39, 0.29) is 5.41 Å². The fraction of sp³-hybridized carbons (Fsp3) is 0.176. The van der Waals surface area contributed by atoms with E-state index in [1.165, 1.54) is 38.2 Å². The van der Waals surface area contributed by atoms with Crippen LogP contribution >= 0.6 is 7.92 Å². The molecule has 0 saturated carbocycles. The van der Waals surface area contributed by atoms with Crippen LogP contribution in [0.4, 0.5) is 0 Å². The van der Waals surface area contributed by atoms with E-state index in [0.717, 1.165) is 12.2 Å². The Morgan fingerprint density at radius 2 is 1.31 bits per heavy atom. The molecule has 0 atom stereocenters. The quantitative estimate of drug-likeness (QED) is 0.241. The van der Waals surface area contributed by atoms with Gasteiger partial charge in [0.05, 0.1) is 0 Å². The number of ether oxygens (including phenoxy) is 1. The molecule has 4 aromatic carbocycles. The lowest BCUT2D eigenvalue weighted by atomic mass is 9.87. The highest BCUT2D eigenvalue weighted by atomic mass is 31.1. The van der Waals surface area contributed by atoms with E-state index in [0.29, 0.717) is 6.61 Å². The first-order valence-electron chi connectivity index (χ1n) is 12.6. The first-order chi connectivity index (χ1) is 17.5. The van der Waals surface area contributed by atoms with Gasteiger partial charge in [-0.2, -0.15) is 0 Å². The molecule has 0 N–H and O–H groups in total. The van der Waals surface area contributed by atoms with E-state index in [9.17, 15) is 0 Å². The number of hydrogen-bond donors (Lipinski definition) is 0. The van der Waals surface area contributed by atoms with Gasteiger partial charge in [-0.25, -0.2) is 0 Å². The molecule has 180 valence electrons. The molecule has 1 aliphatic rings. The Morgan fingerprint density at radius 3 is 1.86 bits per heavy atom. The maximum Gasteiger partial charge on any atom is 0.120 e. The van der Waals surface area contributed by atoms with Crippen molar-refractivity contribution in [1.82, 2.24) is 0 Å². The molecule has 0 amide bonds. The number of allylic oxidation sites excluding steroid dienone is 4. The molecule has 0 heterocycles. The van der Waals surface area contributed by atoms with Crippen LogP contribution in [0.3, 0.4) is 0 Å². The molecule has 0 bridgehead atoms. The van der Waals surface area contributed by atoms with Crippen LogP contribution in [0.25, 0.3) is 5.57 Å². The third-order valence-electron chi connectivity index (χ3n) is 6.57. The van der Waals surface area contributed by atoms with E-state index in [2.05, 4.69) is 136 Å². The highest BCUT2D eigenvalue weighted by molar-refractivity contribution is 7.80. The molecular weight excluding hydrogens is 455 g/mol. The summed E-state index contributed by atoms with van der Waals surface area (Å²) in [5.74, 6) is 0.916. The van der Waals surface area contributed by atoms with Crippen LogP contribution in [0.1, 0.15) is 38.3 Å². The molecule has 0 fully saturated rings. The third kappa shape index (κ3) is 5.53. The Balaban J connectivity index is 1.61. The lowest BCUT2D eigenvalue weighted by molar-refractivity contribution is 0.306. The van der Waals surface area contributed by atoms with Gasteiger partial charge in [-0.3, -0.25) is 0 Å². The number of benzene rings is 4. The lowest BCUT2D eigenvalue weighted by Crippen LogP contribution is -2.23. The van der Waals surface area contributed by atoms with E-state index in [1.807, 2.05) is 6.07 Å². The van der Waals surface area contributed by atoms with E-state index >= 15 is 0 Å². The van der Waals surface area contributed by atoms with Gasteiger partial charge < -0.3 is 4.74 Å². The summed E-state index contributed by atoms with van der Waals surface area (Å²) in [7, 11) is -0.750. The van der Waals surface area contributed by atoms with Crippen LogP contribution in [0.2, 0.25) is 0 Å². The molecule has 0 aromatic heterocycles. The van der Waals surface area contributed by atoms with Crippen LogP contribution in [-0.4, -0.2) is 0 Å². The third-order valence-corrected chi connectivity index (χ3v) is 9.05. The van der Waals surface area contributed by atoms with E-state index in [1.54, 1.807) is 0 Å². The van der Waals surface area contributed by atoms with Gasteiger partial charge in [0.25, 0.3) is 0 Å². The first kappa shape index (κ1) is 24.3. The van der Waals surface area contributed by atoms with Crippen molar-refractivity contribution < 1.29 is 4.74 Å². The summed E-state index contributed by atoms with van der Waals surface area (Å²) in [5, 5.41) is 4.05. The predicted octanol–water partition coefficient (Wildman–Crippen LogP) is 7.78. The summed E-state index contributed by atoms with van der Waals surface area (Å²) in [5.41, 5.74) is 5.45. The summed E-state index contributed by atoms with van der Waals surface area (Å²) in [4.78, 5) is 0. The Labute approximate surface area is 216 Å². The molecule has 0 unspecified atom stereocenters. The number of hydrogen-bond acceptors (Lipinski definition) is 1. The summed E-state index contributed by atoms with van der Waals surface area (Å²) in [6.45, 7) is 7.44. The second-order valence-electron chi connectivity index (χ2n) is 10.2. The van der Waals surface area contributed by atoms with Crippen LogP contribution in [-0.2, 0) is 6.61 Å². The molecule has 0 radical (unpaired) electrons. The Kier molecular flexibility index (Phi) is 7.21. The first-order valence-corrected chi connectivity index (χ1v) is 14.0. The molecule has 0 aliphatic heterocycles. The number of rotatable bonds is 7. The largest absolute Gasteiger partial charge is 0.489 e. The monoisotopic (exact) mass is 488 g/mol. The fourth-order valence-electron chi connectivity index (χ4n) is 4.62. The average Bonchev–Trinajstić information content (AvgIpc) is 3.41. The van der Waals surface area contributed by atoms with Crippen LogP contribution < -0.4 is 20.7 Å². The minimum atomic E-state index is -0.750. The van der Waals surface area contributed by atoms with E-state index in [4.69, 9.17) is 4.74 Å². The highest BCUT2D eigenvalue weighted by Gasteiger charge is 2.25. The maximum atomic E-state index is 6.33. The van der Waals surface area contributed by atoms with Gasteiger partial charge in [0.2, 0.25) is 0 Å². The average molecular weight is 489 g/mol. The molecule has 1 nitrogen and oxygen atoms in total. The van der Waals surface area contributed by atoms with Crippen molar-refractivity contribution in [1.29, 1.82) is 0 Å². The molecule has 36 heavy (non-hydrogen) atoms. The molecule has 2 heteroatoms. The van der Waals surface area contributed by atoms with Crippen molar-refractivity contribution >= 4 is 29.4 Å². The Bertz CT molecular complexity index is 1320. The maximum absolute atomic E-state index is 6.33. The fourth-order valence-corrected chi connectivity index (χ4v) is 7.13. The van der Waals surface area contributed by atoms with Gasteiger partial charge in [-0.05, 0) is 70.1 Å². The van der Waals surface area contributed by atoms with Crippen molar-refractivity contribution in [3.05, 3.63) is 138 Å². The topological polar surface area (TPSA) is 9.23 Å². The minimum absolute atomic E-state index is 0.143. The summed E-state index contributed by atoms with van der Waals surface area (Å²) in [6.07, 6.45) is 5.77. The van der Waals surface area contributed by atoms with Crippen molar-refractivity contribution in [2.45, 2.75) is 33.8 Å². The second-order valence-corrected chi connectivity index (χ2v) is 12.4. The smallest absolute Gasteiger partial charge is 0.120 e. The summed E-state index contributed by atoms with van der Waals surface area (Å²) in [6, 6.07) is 39.0. The van der Waals surface area contributed by atoms with Gasteiger partial charge in [-0.15, -0.1) is 0 Å². The zero-order valence-corrected chi connectivity index (χ0v) is 22.2. The van der Waals surface area contributed by atoms with Crippen molar-refractivity contribution in [3.63, 3.8) is 0 Å². The second kappa shape index (κ2) is 10.7. The van der Waals surface area contributed by atoms with Gasteiger partial charge in [-0.1, -0.05) is 130 Å². The van der Waals surface area contributed by atoms with Crippen LogP contribution in [0.5, 0.6) is 5.75 Å². The predicted molar refractivity (Wildman–Crippen MR) is 156 cm³/mol. The molecular formula is C34H33OP. The molecule has 0 saturated heterocycles. The Hall–Kier alpha value is -3.41. The molecule has 5 rings (SSSR count). The molecule has 0 spiro atoms. The zero-order valence-electron chi connectivity index (χ0n) is 21.3. The van der Waals surface area contributed by atoms with Gasteiger partial charge in [0.1, 0.15) is 12.4 Å². The van der Waals surface area contributed by atoms with E-state index < -0.39 is 7.92 Å². The minimum Gasteiger partial charge on any atom is -0.489 e. The van der Waals surface area contributed by atoms with Gasteiger partial charge >= 0.3 is 0 Å². The van der Waals surface area contributed by atoms with Crippen molar-refractivity contribution in [2.75, 3.05) is 0 Å². The lowest BCUT2D eigenvalue weighted by Gasteiger charge is -2.24. The van der Waals surface area contributed by atoms with Crippen molar-refractivity contribution in [2.24, 2.45) is 5.41 Å². The summed E-state index contributed by atoms with van der Waals surface area (Å²) >= 11 is 0. The summed E-state index contributed by atoms with van der Waals surface area (Å²) < 4.78 is 6.33. The van der Waals surface area contributed by atoms with Crippen molar-refractivity contribution in [3.8, 4) is 5.75 Å². The zero-order chi connectivity index (χ0) is 25.0.